The molecular formula is C13H19O4P. The molecule has 4 nitrogen and oxygen atoms in total. The van der Waals surface area contributed by atoms with Crippen molar-refractivity contribution in [2.24, 2.45) is 0 Å². The molecule has 0 spiro atoms. The van der Waals surface area contributed by atoms with Crippen molar-refractivity contribution in [1.82, 2.24) is 0 Å². The lowest BCUT2D eigenvalue weighted by Crippen LogP contribution is -1.99. The van der Waals surface area contributed by atoms with Crippen molar-refractivity contribution in [1.29, 1.82) is 0 Å². The van der Waals surface area contributed by atoms with Crippen LogP contribution in [-0.2, 0) is 18.1 Å². The van der Waals surface area contributed by atoms with Gasteiger partial charge >= 0.3 is 7.82 Å². The summed E-state index contributed by atoms with van der Waals surface area (Å²) in [7, 11) is -3.48. The molecule has 1 aromatic carbocycles. The second-order valence-corrected chi connectivity index (χ2v) is 5.13. The molecule has 0 aliphatic heterocycles. The molecule has 0 amide bonds. The van der Waals surface area contributed by atoms with Gasteiger partial charge in [0.15, 0.2) is 0 Å². The summed E-state index contributed by atoms with van der Waals surface area (Å²) in [6.45, 7) is 5.75. The molecule has 0 aliphatic rings. The number of allylic oxidation sites excluding steroid dienone is 1. The zero-order chi connectivity index (χ0) is 13.4. The van der Waals surface area contributed by atoms with Crippen molar-refractivity contribution < 1.29 is 18.1 Å². The fraction of sp³-hybridized carbons (Fsp3) is 0.385. The van der Waals surface area contributed by atoms with E-state index in [-0.39, 0.29) is 13.2 Å². The lowest BCUT2D eigenvalue weighted by Gasteiger charge is -2.17. The van der Waals surface area contributed by atoms with Crippen molar-refractivity contribution in [3.8, 4) is 0 Å². The highest BCUT2D eigenvalue weighted by Gasteiger charge is 2.26. The van der Waals surface area contributed by atoms with E-state index in [1.165, 1.54) is 0 Å². The Hall–Kier alpha value is -1.09. The summed E-state index contributed by atoms with van der Waals surface area (Å²) in [5.74, 6) is 0.492. The number of phosphoric acid groups is 1. The average molecular weight is 270 g/mol. The number of phosphoric ester groups is 1. The summed E-state index contributed by atoms with van der Waals surface area (Å²) in [6, 6.07) is 9.63. The van der Waals surface area contributed by atoms with Gasteiger partial charge in [0.1, 0.15) is 5.76 Å². The maximum atomic E-state index is 12.1. The molecule has 0 aromatic heterocycles. The third-order valence-electron chi connectivity index (χ3n) is 2.00. The molecule has 0 N–H and O–H groups in total. The van der Waals surface area contributed by atoms with E-state index < -0.39 is 7.82 Å². The molecule has 1 rings (SSSR count). The van der Waals surface area contributed by atoms with Crippen LogP contribution in [0.1, 0.15) is 26.3 Å². The zero-order valence-electron chi connectivity index (χ0n) is 11.0. The molecule has 0 fully saturated rings. The van der Waals surface area contributed by atoms with Crippen molar-refractivity contribution >= 4 is 13.9 Å². The summed E-state index contributed by atoms with van der Waals surface area (Å²) < 4.78 is 27.5. The molecule has 100 valence electrons. The Morgan fingerprint density at radius 1 is 1.17 bits per heavy atom. The molecule has 0 saturated heterocycles. The Labute approximate surface area is 108 Å². The van der Waals surface area contributed by atoms with Crippen LogP contribution in [0.2, 0.25) is 0 Å². The Balaban J connectivity index is 2.75. The standard InChI is InChI=1S/C13H19O4P/c1-4-15-18(14,16-5-2)17-12(3)11-13-9-7-6-8-10-13/h6-11H,4-5H2,1-3H3/b12-11-. The van der Waals surface area contributed by atoms with E-state index in [0.29, 0.717) is 5.76 Å². The first-order chi connectivity index (χ1) is 8.59. The fourth-order valence-electron chi connectivity index (χ4n) is 1.39. The first-order valence-corrected chi connectivity index (χ1v) is 7.37. The molecule has 0 saturated carbocycles. The van der Waals surface area contributed by atoms with Gasteiger partial charge in [0, 0.05) is 0 Å². The van der Waals surface area contributed by atoms with Gasteiger partial charge in [-0.1, -0.05) is 30.3 Å². The minimum absolute atomic E-state index is 0.274. The fourth-order valence-corrected chi connectivity index (χ4v) is 2.61. The number of benzene rings is 1. The molecule has 0 atom stereocenters. The maximum Gasteiger partial charge on any atom is 0.529 e. The van der Waals surface area contributed by atoms with Crippen molar-refractivity contribution in [2.75, 3.05) is 13.2 Å². The van der Waals surface area contributed by atoms with Gasteiger partial charge in [0.05, 0.1) is 13.2 Å². The Morgan fingerprint density at radius 2 is 1.72 bits per heavy atom. The van der Waals surface area contributed by atoms with Crippen molar-refractivity contribution in [2.45, 2.75) is 20.8 Å². The predicted molar refractivity (Wildman–Crippen MR) is 72.0 cm³/mol. The molecule has 0 unspecified atom stereocenters. The predicted octanol–water partition coefficient (Wildman–Crippen LogP) is 4.25. The summed E-state index contributed by atoms with van der Waals surface area (Å²) in [4.78, 5) is 0. The number of rotatable bonds is 7. The Morgan fingerprint density at radius 3 is 2.22 bits per heavy atom. The lowest BCUT2D eigenvalue weighted by molar-refractivity contribution is 0.146. The van der Waals surface area contributed by atoms with E-state index in [9.17, 15) is 4.57 Å². The highest BCUT2D eigenvalue weighted by Crippen LogP contribution is 2.51. The molecule has 18 heavy (non-hydrogen) atoms. The van der Waals surface area contributed by atoms with Crippen molar-refractivity contribution in [3.05, 3.63) is 41.7 Å². The maximum absolute atomic E-state index is 12.1. The molecule has 1 aromatic rings. The number of hydrogen-bond acceptors (Lipinski definition) is 4. The molecule has 0 aliphatic carbocycles. The third-order valence-corrected chi connectivity index (χ3v) is 3.66. The number of hydrogen-bond donors (Lipinski definition) is 0. The van der Waals surface area contributed by atoms with Gasteiger partial charge in [-0.15, -0.1) is 0 Å². The smallest absolute Gasteiger partial charge is 0.409 e. The lowest BCUT2D eigenvalue weighted by atomic mass is 10.2. The molecule has 0 heterocycles. The van der Waals surface area contributed by atoms with Gasteiger partial charge in [-0.2, -0.15) is 0 Å². The zero-order valence-corrected chi connectivity index (χ0v) is 11.9. The summed E-state index contributed by atoms with van der Waals surface area (Å²) in [6.07, 6.45) is 1.78. The summed E-state index contributed by atoms with van der Waals surface area (Å²) in [5, 5.41) is 0. The molecule has 5 heteroatoms. The second kappa shape index (κ2) is 7.37. The van der Waals surface area contributed by atoms with E-state index in [4.69, 9.17) is 13.6 Å². The van der Waals surface area contributed by atoms with Crippen LogP contribution in [0.15, 0.2) is 36.1 Å². The Kier molecular flexibility index (Phi) is 6.13. The minimum Gasteiger partial charge on any atom is -0.409 e. The van der Waals surface area contributed by atoms with Gasteiger partial charge in [0.2, 0.25) is 0 Å². The normalized spacial score (nSPS) is 12.5. The Bertz CT molecular complexity index is 418. The van der Waals surface area contributed by atoms with Gasteiger partial charge < -0.3 is 4.52 Å². The largest absolute Gasteiger partial charge is 0.529 e. The van der Waals surface area contributed by atoms with Crippen LogP contribution < -0.4 is 0 Å². The highest BCUT2D eigenvalue weighted by atomic mass is 31.2. The van der Waals surface area contributed by atoms with Gasteiger partial charge in [-0.25, -0.2) is 4.57 Å². The molecule has 0 radical (unpaired) electrons. The average Bonchev–Trinajstić information content (AvgIpc) is 2.30. The van der Waals surface area contributed by atoms with Crippen LogP contribution in [0, 0.1) is 0 Å². The van der Waals surface area contributed by atoms with Crippen LogP contribution in [0.4, 0.5) is 0 Å². The topological polar surface area (TPSA) is 44.8 Å². The SMILES string of the molecule is CCOP(=O)(OCC)O/C(C)=C\c1ccccc1. The van der Waals surface area contributed by atoms with E-state index >= 15 is 0 Å². The van der Waals surface area contributed by atoms with E-state index in [0.717, 1.165) is 5.56 Å². The van der Waals surface area contributed by atoms with Crippen LogP contribution in [-0.4, -0.2) is 13.2 Å². The van der Waals surface area contributed by atoms with Gasteiger partial charge in [-0.05, 0) is 32.4 Å². The monoisotopic (exact) mass is 270 g/mol. The third kappa shape index (κ3) is 5.05. The second-order valence-electron chi connectivity index (χ2n) is 3.54. The summed E-state index contributed by atoms with van der Waals surface area (Å²) in [5.41, 5.74) is 0.967. The van der Waals surface area contributed by atoms with Gasteiger partial charge in [0.25, 0.3) is 0 Å². The molecule has 0 bridgehead atoms. The first-order valence-electron chi connectivity index (χ1n) is 5.91. The molecular weight excluding hydrogens is 251 g/mol. The summed E-state index contributed by atoms with van der Waals surface area (Å²) >= 11 is 0. The highest BCUT2D eigenvalue weighted by molar-refractivity contribution is 7.48. The van der Waals surface area contributed by atoms with E-state index in [1.807, 2.05) is 30.3 Å². The van der Waals surface area contributed by atoms with Crippen LogP contribution in [0.3, 0.4) is 0 Å². The van der Waals surface area contributed by atoms with Crippen LogP contribution in [0.5, 0.6) is 0 Å². The first kappa shape index (κ1) is 15.0. The van der Waals surface area contributed by atoms with E-state index in [1.54, 1.807) is 26.8 Å². The quantitative estimate of drug-likeness (QED) is 0.549. The van der Waals surface area contributed by atoms with Gasteiger partial charge in [-0.3, -0.25) is 9.05 Å². The van der Waals surface area contributed by atoms with E-state index in [2.05, 4.69) is 0 Å². The van der Waals surface area contributed by atoms with Crippen molar-refractivity contribution in [3.63, 3.8) is 0 Å². The van der Waals surface area contributed by atoms with Crippen LogP contribution in [0.25, 0.3) is 6.08 Å². The van der Waals surface area contributed by atoms with Crippen LogP contribution >= 0.6 is 7.82 Å². The minimum atomic E-state index is -3.48.